The number of aromatic nitrogens is 2. The van der Waals surface area contributed by atoms with Gasteiger partial charge < -0.3 is 4.40 Å². The number of hydrogen-bond acceptors (Lipinski definition) is 0. The molecule has 0 aliphatic rings. The summed E-state index contributed by atoms with van der Waals surface area (Å²) in [5, 5.41) is 6.22. The third-order valence-corrected chi connectivity index (χ3v) is 6.14. The maximum absolute atomic E-state index is 7.60. The smallest absolute Gasteiger partial charge is 0.224 e. The predicted octanol–water partition coefficient (Wildman–Crippen LogP) is 5.98. The molecule has 0 fully saturated rings. The fourth-order valence-corrected chi connectivity index (χ4v) is 5.09. The van der Waals surface area contributed by atoms with Crippen molar-refractivity contribution < 1.29 is 4.57 Å². The summed E-state index contributed by atoms with van der Waals surface area (Å²) in [6.45, 7) is 12.0. The van der Waals surface area contributed by atoms with E-state index in [0.717, 1.165) is 10.9 Å². The van der Waals surface area contributed by atoms with Crippen LogP contribution in [0.3, 0.4) is 0 Å². The summed E-state index contributed by atoms with van der Waals surface area (Å²) in [7, 11) is 2.12. The predicted molar refractivity (Wildman–Crippen MR) is 116 cm³/mol. The highest BCUT2D eigenvalue weighted by Crippen LogP contribution is 2.42. The summed E-state index contributed by atoms with van der Waals surface area (Å²) in [4.78, 5) is 3.75. The largest absolute Gasteiger partial charge is 0.309 e. The van der Waals surface area contributed by atoms with E-state index in [9.17, 15) is 0 Å². The number of nitrogens with zero attached hydrogens (tertiary/aromatic N) is 3. The Morgan fingerprint density at radius 3 is 2.50 bits per heavy atom. The first-order valence-corrected chi connectivity index (χ1v) is 9.48. The second-order valence-corrected chi connectivity index (χ2v) is 7.78. The van der Waals surface area contributed by atoms with Gasteiger partial charge in [0.05, 0.1) is 33.9 Å². The van der Waals surface area contributed by atoms with Crippen LogP contribution in [0.2, 0.25) is 0 Å². The van der Waals surface area contributed by atoms with Crippen LogP contribution in [0.1, 0.15) is 11.1 Å². The molecule has 0 saturated carbocycles. The molecule has 0 aliphatic heterocycles. The Morgan fingerprint density at radius 2 is 1.68 bits per heavy atom. The molecule has 0 N–H and O–H groups in total. The highest BCUT2D eigenvalue weighted by molar-refractivity contribution is 6.26. The third kappa shape index (κ3) is 1.66. The quantitative estimate of drug-likeness (QED) is 0.137. The Bertz CT molecular complexity index is 1640. The molecular weight excluding hydrogens is 342 g/mol. The lowest BCUT2D eigenvalue weighted by Crippen LogP contribution is -2.28. The third-order valence-electron chi connectivity index (χ3n) is 6.14. The summed E-state index contributed by atoms with van der Waals surface area (Å²) in [6.07, 6.45) is 2.11. The highest BCUT2D eigenvalue weighted by atomic mass is 15.0. The number of para-hydroxylation sites is 1. The molecule has 0 spiro atoms. The summed E-state index contributed by atoms with van der Waals surface area (Å²) in [6, 6.07) is 17.1. The first-order chi connectivity index (χ1) is 13.6. The molecule has 3 aromatic heterocycles. The molecule has 0 unspecified atom stereocenters. The van der Waals surface area contributed by atoms with E-state index >= 15 is 0 Å². The molecule has 0 atom stereocenters. The fourth-order valence-electron chi connectivity index (χ4n) is 5.09. The van der Waals surface area contributed by atoms with E-state index < -0.39 is 0 Å². The zero-order chi connectivity index (χ0) is 19.2. The number of rotatable bonds is 0. The Morgan fingerprint density at radius 1 is 0.893 bits per heavy atom. The lowest BCUT2D eigenvalue weighted by Gasteiger charge is -2.14. The molecule has 0 amide bonds. The van der Waals surface area contributed by atoms with E-state index in [0.29, 0.717) is 5.69 Å². The molecular formula is C25H18N3+. The number of aryl methyl sites for hydroxylation is 3. The Balaban J connectivity index is 2.16. The van der Waals surface area contributed by atoms with Crippen molar-refractivity contribution in [1.82, 2.24) is 4.40 Å². The van der Waals surface area contributed by atoms with E-state index in [2.05, 4.69) is 77.3 Å². The Hall–Kier alpha value is -3.64. The average molecular weight is 360 g/mol. The van der Waals surface area contributed by atoms with Crippen LogP contribution in [0.25, 0.3) is 53.8 Å². The van der Waals surface area contributed by atoms with Crippen LogP contribution in [0.5, 0.6) is 0 Å². The molecule has 28 heavy (non-hydrogen) atoms. The standard InChI is InChI=1S/C25H18N3/c1-14-11-15(2)22-24-23-16(9-10-27(24)4)12-17(26-3)13-20(23)28-19-8-6-5-7-18(19)21(14)25(22)28/h5-13H,1-2,4H3/q+1. The van der Waals surface area contributed by atoms with Crippen LogP contribution in [0.4, 0.5) is 5.69 Å². The van der Waals surface area contributed by atoms with Crippen LogP contribution < -0.4 is 4.57 Å². The fraction of sp³-hybridized carbons (Fsp3) is 0.120. The van der Waals surface area contributed by atoms with Gasteiger partial charge in [-0.1, -0.05) is 24.3 Å². The maximum atomic E-state index is 7.60. The van der Waals surface area contributed by atoms with Gasteiger partial charge in [-0.2, -0.15) is 0 Å². The van der Waals surface area contributed by atoms with Gasteiger partial charge in [0.25, 0.3) is 0 Å². The SMILES string of the molecule is [C-]#[N+]c1cc2cc[n+](C)c3c4c(C)cc(C)c5c6ccccc6n(c(c1)c23)c54. The van der Waals surface area contributed by atoms with Crippen molar-refractivity contribution in [3.63, 3.8) is 0 Å². The van der Waals surface area contributed by atoms with Gasteiger partial charge in [0.15, 0.2) is 11.9 Å². The molecule has 3 heterocycles. The minimum absolute atomic E-state index is 0.682. The lowest BCUT2D eigenvalue weighted by atomic mass is 9.97. The number of hydrogen-bond donors (Lipinski definition) is 0. The first kappa shape index (κ1) is 15.4. The minimum Gasteiger partial charge on any atom is -0.309 e. The molecule has 6 rings (SSSR count). The van der Waals surface area contributed by atoms with Gasteiger partial charge in [-0.05, 0) is 48.6 Å². The van der Waals surface area contributed by atoms with E-state index in [1.54, 1.807) is 0 Å². The number of pyridine rings is 2. The van der Waals surface area contributed by atoms with Gasteiger partial charge in [-0.25, -0.2) is 9.41 Å². The van der Waals surface area contributed by atoms with Crippen molar-refractivity contribution >= 4 is 54.7 Å². The van der Waals surface area contributed by atoms with Crippen molar-refractivity contribution in [1.29, 1.82) is 0 Å². The normalized spacial score (nSPS) is 12.1. The Labute approximate surface area is 162 Å². The topological polar surface area (TPSA) is 12.7 Å². The second-order valence-electron chi connectivity index (χ2n) is 7.78. The summed E-state index contributed by atoms with van der Waals surface area (Å²) in [5.41, 5.74) is 8.08. The van der Waals surface area contributed by atoms with Gasteiger partial charge in [0, 0.05) is 16.8 Å². The van der Waals surface area contributed by atoms with Gasteiger partial charge in [0.2, 0.25) is 5.52 Å². The van der Waals surface area contributed by atoms with Gasteiger partial charge >= 0.3 is 0 Å². The summed E-state index contributed by atoms with van der Waals surface area (Å²) < 4.78 is 4.60. The highest BCUT2D eigenvalue weighted by Gasteiger charge is 2.24. The van der Waals surface area contributed by atoms with Gasteiger partial charge in [-0.3, -0.25) is 0 Å². The molecule has 3 nitrogen and oxygen atoms in total. The number of benzene rings is 3. The van der Waals surface area contributed by atoms with Crippen LogP contribution in [-0.2, 0) is 7.05 Å². The van der Waals surface area contributed by atoms with E-state index in [1.165, 1.54) is 49.2 Å². The molecule has 0 bridgehead atoms. The maximum Gasteiger partial charge on any atom is 0.224 e. The monoisotopic (exact) mass is 360 g/mol. The van der Waals surface area contributed by atoms with Crippen LogP contribution in [0, 0.1) is 20.4 Å². The van der Waals surface area contributed by atoms with Crippen molar-refractivity contribution in [3.8, 4) is 0 Å². The van der Waals surface area contributed by atoms with Crippen LogP contribution >= 0.6 is 0 Å². The molecule has 0 radical (unpaired) electrons. The second kappa shape index (κ2) is 4.99. The van der Waals surface area contributed by atoms with Crippen molar-refractivity contribution in [2.24, 2.45) is 7.05 Å². The van der Waals surface area contributed by atoms with E-state index in [4.69, 9.17) is 6.57 Å². The molecule has 132 valence electrons. The van der Waals surface area contributed by atoms with Gasteiger partial charge in [0.1, 0.15) is 7.05 Å². The molecule has 3 aromatic carbocycles. The van der Waals surface area contributed by atoms with E-state index in [1.807, 2.05) is 12.1 Å². The summed E-state index contributed by atoms with van der Waals surface area (Å²) >= 11 is 0. The zero-order valence-electron chi connectivity index (χ0n) is 16.0. The lowest BCUT2D eigenvalue weighted by molar-refractivity contribution is -0.643. The average Bonchev–Trinajstić information content (AvgIpc) is 3.05. The molecule has 0 saturated heterocycles. The summed E-state index contributed by atoms with van der Waals surface area (Å²) in [5.74, 6) is 0. The number of fused-ring (bicyclic) bond motifs is 5. The minimum atomic E-state index is 0.682. The van der Waals surface area contributed by atoms with Crippen molar-refractivity contribution in [2.75, 3.05) is 0 Å². The molecule has 0 aliphatic carbocycles. The Kier molecular flexibility index (Phi) is 2.75. The van der Waals surface area contributed by atoms with Crippen LogP contribution in [-0.4, -0.2) is 4.40 Å². The van der Waals surface area contributed by atoms with Crippen molar-refractivity contribution in [2.45, 2.75) is 13.8 Å². The first-order valence-electron chi connectivity index (χ1n) is 9.48. The zero-order valence-corrected chi connectivity index (χ0v) is 16.0. The van der Waals surface area contributed by atoms with Gasteiger partial charge in [-0.15, -0.1) is 0 Å². The van der Waals surface area contributed by atoms with E-state index in [-0.39, 0.29) is 0 Å². The van der Waals surface area contributed by atoms with Crippen molar-refractivity contribution in [3.05, 3.63) is 77.3 Å². The molecule has 6 aromatic rings. The molecule has 3 heteroatoms. The van der Waals surface area contributed by atoms with Crippen LogP contribution in [0.15, 0.2) is 54.7 Å².